The molecule has 0 saturated heterocycles. The van der Waals surface area contributed by atoms with Gasteiger partial charge >= 0.3 is 0 Å². The minimum atomic E-state index is 0.0489. The molecule has 250 valence electrons. The van der Waals surface area contributed by atoms with Crippen LogP contribution in [0.3, 0.4) is 0 Å². The number of aromatic nitrogens is 1. The molecule has 2 heteroatoms. The molecule has 0 N–H and O–H groups in total. The average molecular weight is 661 g/mol. The van der Waals surface area contributed by atoms with Crippen molar-refractivity contribution in [3.8, 4) is 5.69 Å². The maximum Gasteiger partial charge on any atom is 0.0617 e. The lowest BCUT2D eigenvalue weighted by Crippen LogP contribution is -2.28. The lowest BCUT2D eigenvalue weighted by molar-refractivity contribution is 0.539. The van der Waals surface area contributed by atoms with Crippen LogP contribution < -0.4 is 4.90 Å². The van der Waals surface area contributed by atoms with Gasteiger partial charge in [0.25, 0.3) is 0 Å². The number of hydrogen-bond donors (Lipinski definition) is 0. The molecule has 8 aliphatic rings. The molecule has 1 spiro atoms. The molecule has 2 unspecified atom stereocenters. The number of fused-ring (bicyclic) bond motifs is 6. The maximum atomic E-state index is 2.76. The molecular formula is C49H44N2. The number of benzene rings is 3. The van der Waals surface area contributed by atoms with Crippen molar-refractivity contribution in [1.82, 2.24) is 4.57 Å². The highest BCUT2D eigenvalue weighted by atomic mass is 15.2. The molecular weight excluding hydrogens is 617 g/mol. The zero-order valence-corrected chi connectivity index (χ0v) is 29.5. The smallest absolute Gasteiger partial charge is 0.0617 e. The third-order valence-electron chi connectivity index (χ3n) is 13.8. The Balaban J connectivity index is 1.10. The molecule has 2 atom stereocenters. The van der Waals surface area contributed by atoms with Gasteiger partial charge in [0.15, 0.2) is 0 Å². The van der Waals surface area contributed by atoms with Gasteiger partial charge in [-0.05, 0) is 164 Å². The van der Waals surface area contributed by atoms with Crippen molar-refractivity contribution in [1.29, 1.82) is 0 Å². The van der Waals surface area contributed by atoms with E-state index >= 15 is 0 Å². The van der Waals surface area contributed by atoms with Crippen molar-refractivity contribution in [3.05, 3.63) is 165 Å². The first-order chi connectivity index (χ1) is 25.3. The van der Waals surface area contributed by atoms with E-state index in [9.17, 15) is 0 Å². The second-order valence-corrected chi connectivity index (χ2v) is 16.1. The van der Waals surface area contributed by atoms with E-state index in [1.54, 1.807) is 44.6 Å². The number of hydrogen-bond acceptors (Lipinski definition) is 1. The Morgan fingerprint density at radius 3 is 2.43 bits per heavy atom. The molecule has 0 bridgehead atoms. The maximum absolute atomic E-state index is 2.76. The fourth-order valence-corrected chi connectivity index (χ4v) is 12.2. The summed E-state index contributed by atoms with van der Waals surface area (Å²) in [7, 11) is 0. The van der Waals surface area contributed by atoms with E-state index in [4.69, 9.17) is 0 Å². The number of anilines is 1. The van der Waals surface area contributed by atoms with Crippen molar-refractivity contribution in [2.24, 2.45) is 11.3 Å². The van der Waals surface area contributed by atoms with Crippen molar-refractivity contribution >= 4 is 27.5 Å². The van der Waals surface area contributed by atoms with Crippen molar-refractivity contribution < 1.29 is 0 Å². The Bertz CT molecular complexity index is 2500. The van der Waals surface area contributed by atoms with Crippen molar-refractivity contribution in [2.75, 3.05) is 4.90 Å². The molecule has 0 radical (unpaired) electrons. The Labute approximate surface area is 301 Å². The topological polar surface area (TPSA) is 8.17 Å². The third kappa shape index (κ3) is 3.64. The molecule has 0 fully saturated rings. The SMILES string of the molecule is C1=CC2=C3C(C1)C1=C(CCC=C1N(C1=CCCCC1)c1ccc4c5ccccc5n(-c5ccccc5)c4c1)C31C3=C(CCCC3)C3=C1C2=CCC3. The van der Waals surface area contributed by atoms with E-state index in [2.05, 4.69) is 113 Å². The van der Waals surface area contributed by atoms with Crippen molar-refractivity contribution in [3.63, 3.8) is 0 Å². The van der Waals surface area contributed by atoms with E-state index < -0.39 is 0 Å². The highest BCUT2D eigenvalue weighted by Gasteiger charge is 2.64. The zero-order chi connectivity index (χ0) is 33.3. The first-order valence-corrected chi connectivity index (χ1v) is 19.9. The van der Waals surface area contributed by atoms with Gasteiger partial charge in [-0.2, -0.15) is 0 Å². The normalized spacial score (nSPS) is 26.0. The summed E-state index contributed by atoms with van der Waals surface area (Å²) >= 11 is 0. The van der Waals surface area contributed by atoms with Crippen LogP contribution in [0.15, 0.2) is 165 Å². The highest BCUT2D eigenvalue weighted by molar-refractivity contribution is 6.10. The van der Waals surface area contributed by atoms with Crippen LogP contribution in [0.5, 0.6) is 0 Å². The Morgan fingerprint density at radius 1 is 0.667 bits per heavy atom. The van der Waals surface area contributed by atoms with E-state index in [1.807, 2.05) is 5.57 Å². The first kappa shape index (κ1) is 28.8. The quantitative estimate of drug-likeness (QED) is 0.211. The van der Waals surface area contributed by atoms with Gasteiger partial charge < -0.3 is 9.47 Å². The van der Waals surface area contributed by atoms with Crippen LogP contribution >= 0.6 is 0 Å². The summed E-state index contributed by atoms with van der Waals surface area (Å²) in [5.74, 6) is 0.465. The van der Waals surface area contributed by atoms with Crippen LogP contribution in [-0.2, 0) is 0 Å². The van der Waals surface area contributed by atoms with Crippen LogP contribution in [0.2, 0.25) is 0 Å². The summed E-state index contributed by atoms with van der Waals surface area (Å²) in [6.07, 6.45) is 29.0. The lowest BCUT2D eigenvalue weighted by atomic mass is 9.66. The van der Waals surface area contributed by atoms with Crippen molar-refractivity contribution in [2.45, 2.75) is 83.5 Å². The molecule has 0 aliphatic heterocycles. The van der Waals surface area contributed by atoms with Gasteiger partial charge in [0.05, 0.1) is 16.4 Å². The molecule has 2 nitrogen and oxygen atoms in total. The summed E-state index contributed by atoms with van der Waals surface area (Å²) < 4.78 is 2.49. The third-order valence-corrected chi connectivity index (χ3v) is 13.8. The summed E-state index contributed by atoms with van der Waals surface area (Å²) in [5.41, 5.74) is 23.8. The lowest BCUT2D eigenvalue weighted by Gasteiger charge is -2.38. The molecule has 1 aromatic heterocycles. The molecule has 4 aromatic rings. The minimum absolute atomic E-state index is 0.0489. The van der Waals surface area contributed by atoms with E-state index in [1.165, 1.54) is 109 Å². The second-order valence-electron chi connectivity index (χ2n) is 16.1. The van der Waals surface area contributed by atoms with Crippen LogP contribution in [-0.4, -0.2) is 4.57 Å². The summed E-state index contributed by atoms with van der Waals surface area (Å²) in [5, 5.41) is 2.65. The van der Waals surface area contributed by atoms with Crippen LogP contribution in [0.4, 0.5) is 5.69 Å². The predicted molar refractivity (Wildman–Crippen MR) is 211 cm³/mol. The molecule has 12 rings (SSSR count). The standard InChI is InChI=1S/C49H44N2/c1-3-14-31(15-4-1)50(33-28-29-36-35-19-8-10-26-43(35)51(45(36)30-33)32-16-5-2-6-17-32)44-27-13-25-42-46(44)40-23-12-22-39-38-21-11-20-37-34-18-7-9-24-41(34)49(42,47(37)38)48(39)40/h2,5-6,8,10,12,14,16-17,19,21-22,26-30,40H,1,3-4,7,9,11,13,15,18,20,23-25H2. The van der Waals surface area contributed by atoms with E-state index in [0.717, 1.165) is 19.3 Å². The molecule has 0 saturated carbocycles. The van der Waals surface area contributed by atoms with Gasteiger partial charge in [0.1, 0.15) is 0 Å². The Morgan fingerprint density at radius 2 is 1.51 bits per heavy atom. The van der Waals surface area contributed by atoms with Gasteiger partial charge in [0, 0.05) is 39.5 Å². The number of nitrogens with zero attached hydrogens (tertiary/aromatic N) is 2. The zero-order valence-electron chi connectivity index (χ0n) is 29.5. The fourth-order valence-electron chi connectivity index (χ4n) is 12.2. The van der Waals surface area contributed by atoms with E-state index in [-0.39, 0.29) is 5.41 Å². The number of rotatable bonds is 4. The van der Waals surface area contributed by atoms with Gasteiger partial charge in [-0.25, -0.2) is 0 Å². The number of para-hydroxylation sites is 2. The summed E-state index contributed by atoms with van der Waals surface area (Å²) in [6.45, 7) is 0. The first-order valence-electron chi connectivity index (χ1n) is 19.9. The van der Waals surface area contributed by atoms with Crippen LogP contribution in [0, 0.1) is 11.3 Å². The van der Waals surface area contributed by atoms with E-state index in [0.29, 0.717) is 5.92 Å². The predicted octanol–water partition coefficient (Wildman–Crippen LogP) is 12.8. The summed E-state index contributed by atoms with van der Waals surface area (Å²) in [6, 6.07) is 27.3. The summed E-state index contributed by atoms with van der Waals surface area (Å²) in [4.78, 5) is 2.76. The highest BCUT2D eigenvalue weighted by Crippen LogP contribution is 2.76. The van der Waals surface area contributed by atoms with Crippen LogP contribution in [0.1, 0.15) is 83.5 Å². The Kier molecular flexibility index (Phi) is 6.00. The fraction of sp³-hybridized carbons (Fsp3) is 0.306. The van der Waals surface area contributed by atoms with Gasteiger partial charge in [-0.3, -0.25) is 0 Å². The molecule has 3 aromatic carbocycles. The van der Waals surface area contributed by atoms with Gasteiger partial charge in [0.2, 0.25) is 0 Å². The molecule has 0 amide bonds. The van der Waals surface area contributed by atoms with Crippen LogP contribution in [0.25, 0.3) is 27.5 Å². The molecule has 8 aliphatic carbocycles. The van der Waals surface area contributed by atoms with Gasteiger partial charge in [-0.15, -0.1) is 0 Å². The average Bonchev–Trinajstić information content (AvgIpc) is 3.89. The minimum Gasteiger partial charge on any atom is -0.314 e. The second kappa shape index (κ2) is 10.6. The van der Waals surface area contributed by atoms with Gasteiger partial charge in [-0.1, -0.05) is 72.8 Å². The molecule has 51 heavy (non-hydrogen) atoms. The monoisotopic (exact) mass is 660 g/mol. The largest absolute Gasteiger partial charge is 0.314 e. The number of allylic oxidation sites excluding steroid dienone is 15. The Hall–Kier alpha value is -4.82. The molecule has 1 heterocycles.